The minimum atomic E-state index is -3.75. The lowest BCUT2D eigenvalue weighted by Crippen LogP contribution is -2.27. The van der Waals surface area contributed by atoms with E-state index in [0.717, 1.165) is 10.0 Å². The molecule has 7 heteroatoms. The molecule has 0 heterocycles. The predicted molar refractivity (Wildman–Crippen MR) is 90.9 cm³/mol. The summed E-state index contributed by atoms with van der Waals surface area (Å²) in [7, 11) is -2.34. The summed E-state index contributed by atoms with van der Waals surface area (Å²) < 4.78 is 33.8. The van der Waals surface area contributed by atoms with Crippen LogP contribution in [0.5, 0.6) is 5.75 Å². The minimum absolute atomic E-state index is 0.0199. The number of methoxy groups -OCH3 is 1. The Labute approximate surface area is 143 Å². The second kappa shape index (κ2) is 7.00. The lowest BCUT2D eigenvalue weighted by molar-refractivity contribution is 0.402. The van der Waals surface area contributed by atoms with Crippen LogP contribution >= 0.6 is 27.5 Å². The van der Waals surface area contributed by atoms with Crippen LogP contribution in [-0.4, -0.2) is 15.5 Å². The molecule has 1 atom stereocenters. The quantitative estimate of drug-likeness (QED) is 0.814. The van der Waals surface area contributed by atoms with E-state index in [1.165, 1.54) is 19.2 Å². The van der Waals surface area contributed by atoms with Crippen LogP contribution in [0.15, 0.2) is 51.8 Å². The molecule has 2 aromatic carbocycles. The van der Waals surface area contributed by atoms with E-state index in [1.807, 2.05) is 24.3 Å². The summed E-state index contributed by atoms with van der Waals surface area (Å²) in [6, 6.07) is 11.5. The lowest BCUT2D eigenvalue weighted by Gasteiger charge is -2.16. The fraction of sp³-hybridized carbons (Fsp3) is 0.200. The zero-order valence-electron chi connectivity index (χ0n) is 12.0. The Hall–Kier alpha value is -1.08. The van der Waals surface area contributed by atoms with Crippen molar-refractivity contribution in [2.24, 2.45) is 0 Å². The molecule has 118 valence electrons. The monoisotopic (exact) mass is 403 g/mol. The highest BCUT2D eigenvalue weighted by Gasteiger charge is 2.22. The Morgan fingerprint density at radius 1 is 1.18 bits per heavy atom. The second-order valence-corrected chi connectivity index (χ2v) is 7.72. The molecule has 0 aliphatic heterocycles. The Balaban J connectivity index is 2.31. The normalized spacial score (nSPS) is 12.9. The zero-order chi connectivity index (χ0) is 16.3. The summed E-state index contributed by atoms with van der Waals surface area (Å²) in [5, 5.41) is 0.331. The molecule has 4 nitrogen and oxygen atoms in total. The van der Waals surface area contributed by atoms with Crippen molar-refractivity contribution in [3.05, 3.63) is 57.5 Å². The van der Waals surface area contributed by atoms with Gasteiger partial charge in [0.05, 0.1) is 7.11 Å². The van der Waals surface area contributed by atoms with Gasteiger partial charge in [-0.1, -0.05) is 39.7 Å². The third-order valence-electron chi connectivity index (χ3n) is 3.12. The molecule has 0 bridgehead atoms. The summed E-state index contributed by atoms with van der Waals surface area (Å²) >= 11 is 9.25. The molecule has 0 radical (unpaired) electrons. The first kappa shape index (κ1) is 17.3. The third-order valence-corrected chi connectivity index (χ3v) is 5.44. The summed E-state index contributed by atoms with van der Waals surface area (Å²) in [4.78, 5) is 0.0199. The molecule has 0 aromatic heterocycles. The van der Waals surface area contributed by atoms with E-state index in [0.29, 0.717) is 5.02 Å². The first-order valence-corrected chi connectivity index (χ1v) is 9.10. The van der Waals surface area contributed by atoms with Gasteiger partial charge in [-0.15, -0.1) is 0 Å². The summed E-state index contributed by atoms with van der Waals surface area (Å²) in [6.07, 6.45) is 0. The summed E-state index contributed by atoms with van der Waals surface area (Å²) in [5.41, 5.74) is 0.854. The van der Waals surface area contributed by atoms with Crippen LogP contribution < -0.4 is 9.46 Å². The molecule has 1 N–H and O–H groups in total. The minimum Gasteiger partial charge on any atom is -0.495 e. The topological polar surface area (TPSA) is 55.4 Å². The number of ether oxygens (including phenoxy) is 1. The van der Waals surface area contributed by atoms with Crippen LogP contribution in [0.2, 0.25) is 5.02 Å². The molecule has 2 rings (SSSR count). The van der Waals surface area contributed by atoms with Gasteiger partial charge in [-0.05, 0) is 42.8 Å². The molecule has 0 aliphatic carbocycles. The maximum absolute atomic E-state index is 12.6. The largest absolute Gasteiger partial charge is 0.495 e. The number of nitrogens with one attached hydrogen (secondary N) is 1. The van der Waals surface area contributed by atoms with E-state index in [9.17, 15) is 8.42 Å². The van der Waals surface area contributed by atoms with E-state index < -0.39 is 10.0 Å². The molecule has 0 amide bonds. The average Bonchev–Trinajstić information content (AvgIpc) is 2.47. The third kappa shape index (κ3) is 4.01. The molecular formula is C15H15BrClNO3S. The molecule has 0 spiro atoms. The van der Waals surface area contributed by atoms with Gasteiger partial charge in [0.15, 0.2) is 0 Å². The Bertz CT molecular complexity index is 763. The molecule has 2 aromatic rings. The van der Waals surface area contributed by atoms with Crippen molar-refractivity contribution < 1.29 is 13.2 Å². The molecule has 0 saturated heterocycles. The molecule has 0 aliphatic rings. The number of halogens is 2. The van der Waals surface area contributed by atoms with E-state index >= 15 is 0 Å². The molecule has 0 fully saturated rings. The number of benzene rings is 2. The Morgan fingerprint density at radius 3 is 2.41 bits per heavy atom. The van der Waals surface area contributed by atoms with Crippen molar-refractivity contribution in [2.45, 2.75) is 17.9 Å². The van der Waals surface area contributed by atoms with Gasteiger partial charge in [-0.2, -0.15) is 0 Å². The fourth-order valence-electron chi connectivity index (χ4n) is 1.98. The highest BCUT2D eigenvalue weighted by molar-refractivity contribution is 9.10. The van der Waals surface area contributed by atoms with Gasteiger partial charge in [0, 0.05) is 15.5 Å². The molecule has 22 heavy (non-hydrogen) atoms. The van der Waals surface area contributed by atoms with Crippen molar-refractivity contribution in [1.82, 2.24) is 4.72 Å². The van der Waals surface area contributed by atoms with Gasteiger partial charge in [-0.25, -0.2) is 13.1 Å². The number of hydrogen-bond acceptors (Lipinski definition) is 3. The van der Waals surface area contributed by atoms with E-state index in [2.05, 4.69) is 20.7 Å². The van der Waals surface area contributed by atoms with Crippen LogP contribution in [0.1, 0.15) is 18.5 Å². The molecule has 1 unspecified atom stereocenters. The maximum atomic E-state index is 12.6. The van der Waals surface area contributed by atoms with Gasteiger partial charge < -0.3 is 4.74 Å². The van der Waals surface area contributed by atoms with Crippen molar-refractivity contribution in [1.29, 1.82) is 0 Å². The SMILES string of the molecule is COc1ccc(Cl)cc1S(=O)(=O)NC(C)c1ccc(Br)cc1. The van der Waals surface area contributed by atoms with Gasteiger partial charge >= 0.3 is 0 Å². The van der Waals surface area contributed by atoms with Crippen molar-refractivity contribution >= 4 is 37.6 Å². The smallest absolute Gasteiger partial charge is 0.244 e. The van der Waals surface area contributed by atoms with Gasteiger partial charge in [0.1, 0.15) is 10.6 Å². The molecule has 0 saturated carbocycles. The number of rotatable bonds is 5. The first-order valence-electron chi connectivity index (χ1n) is 6.45. The summed E-state index contributed by atoms with van der Waals surface area (Å²) in [6.45, 7) is 1.78. The van der Waals surface area contributed by atoms with Crippen LogP contribution in [0.3, 0.4) is 0 Å². The zero-order valence-corrected chi connectivity index (χ0v) is 15.2. The van der Waals surface area contributed by atoms with E-state index in [4.69, 9.17) is 16.3 Å². The maximum Gasteiger partial charge on any atom is 0.244 e. The standard InChI is InChI=1S/C15H15BrClNO3S/c1-10(11-3-5-12(16)6-4-11)18-22(19,20)15-9-13(17)7-8-14(15)21-2/h3-10,18H,1-2H3. The highest BCUT2D eigenvalue weighted by Crippen LogP contribution is 2.28. The van der Waals surface area contributed by atoms with Crippen molar-refractivity contribution in [3.63, 3.8) is 0 Å². The Morgan fingerprint density at radius 2 is 1.82 bits per heavy atom. The Kier molecular flexibility index (Phi) is 5.50. The van der Waals surface area contributed by atoms with E-state index in [1.54, 1.807) is 13.0 Å². The van der Waals surface area contributed by atoms with Crippen molar-refractivity contribution in [3.8, 4) is 5.75 Å². The van der Waals surface area contributed by atoms with Gasteiger partial charge in [0.25, 0.3) is 0 Å². The summed E-state index contributed by atoms with van der Waals surface area (Å²) in [5.74, 6) is 0.250. The van der Waals surface area contributed by atoms with Crippen LogP contribution in [0.4, 0.5) is 0 Å². The lowest BCUT2D eigenvalue weighted by atomic mass is 10.1. The van der Waals surface area contributed by atoms with Gasteiger partial charge in [0.2, 0.25) is 10.0 Å². The second-order valence-electron chi connectivity index (χ2n) is 4.69. The van der Waals surface area contributed by atoms with Crippen LogP contribution in [0.25, 0.3) is 0 Å². The molecular weight excluding hydrogens is 390 g/mol. The van der Waals surface area contributed by atoms with Crippen LogP contribution in [0, 0.1) is 0 Å². The average molecular weight is 405 g/mol. The fourth-order valence-corrected chi connectivity index (χ4v) is 3.90. The van der Waals surface area contributed by atoms with Crippen LogP contribution in [-0.2, 0) is 10.0 Å². The van der Waals surface area contributed by atoms with E-state index in [-0.39, 0.29) is 16.7 Å². The van der Waals surface area contributed by atoms with Crippen molar-refractivity contribution in [2.75, 3.05) is 7.11 Å². The predicted octanol–water partition coefficient (Wildman–Crippen LogP) is 4.15. The highest BCUT2D eigenvalue weighted by atomic mass is 79.9. The number of hydrogen-bond donors (Lipinski definition) is 1. The first-order chi connectivity index (χ1) is 10.3. The van der Waals surface area contributed by atoms with Gasteiger partial charge in [-0.3, -0.25) is 0 Å². The number of sulfonamides is 1.